The Hall–Kier alpha value is -2.77. The third-order valence-electron chi connectivity index (χ3n) is 5.12. The van der Waals surface area contributed by atoms with Crippen molar-refractivity contribution in [2.24, 2.45) is 5.92 Å². The van der Waals surface area contributed by atoms with Gasteiger partial charge in [-0.1, -0.05) is 0 Å². The lowest BCUT2D eigenvalue weighted by Crippen LogP contribution is -2.51. The Bertz CT molecular complexity index is 854. The molecule has 1 N–H and O–H groups in total. The van der Waals surface area contributed by atoms with Crippen molar-refractivity contribution >= 4 is 11.7 Å². The molecule has 150 valence electrons. The monoisotopic (exact) mass is 393 g/mol. The van der Waals surface area contributed by atoms with E-state index in [1.165, 1.54) is 18.7 Å². The van der Waals surface area contributed by atoms with E-state index in [0.29, 0.717) is 17.2 Å². The van der Waals surface area contributed by atoms with Crippen LogP contribution in [0, 0.1) is 12.8 Å². The molecule has 1 aromatic carbocycles. The van der Waals surface area contributed by atoms with E-state index in [9.17, 15) is 18.0 Å². The van der Waals surface area contributed by atoms with Gasteiger partial charge in [0.25, 0.3) is 0 Å². The zero-order valence-electron chi connectivity index (χ0n) is 15.9. The Morgan fingerprint density at radius 3 is 2.64 bits per heavy atom. The second kappa shape index (κ2) is 7.33. The van der Waals surface area contributed by atoms with E-state index in [2.05, 4.69) is 10.3 Å². The van der Waals surface area contributed by atoms with Crippen LogP contribution in [0.15, 0.2) is 42.7 Å². The summed E-state index contributed by atoms with van der Waals surface area (Å²) in [6.45, 7) is 4.78. The fourth-order valence-electron chi connectivity index (χ4n) is 3.58. The highest BCUT2D eigenvalue weighted by Crippen LogP contribution is 2.44. The first-order valence-electron chi connectivity index (χ1n) is 8.93. The number of ether oxygens (including phenoxy) is 1. The number of rotatable bonds is 3. The maximum absolute atomic E-state index is 13.2. The summed E-state index contributed by atoms with van der Waals surface area (Å²) in [5.41, 5.74) is -0.0383. The number of halogens is 3. The van der Waals surface area contributed by atoms with Gasteiger partial charge in [-0.15, -0.1) is 0 Å². The van der Waals surface area contributed by atoms with Gasteiger partial charge in [-0.3, -0.25) is 4.98 Å². The van der Waals surface area contributed by atoms with Crippen molar-refractivity contribution in [3.05, 3.63) is 48.3 Å². The number of likely N-dealkylation sites (tertiary alicyclic amines) is 1. The average Bonchev–Trinajstić information content (AvgIpc) is 2.93. The van der Waals surface area contributed by atoms with Gasteiger partial charge in [-0.05, 0) is 63.1 Å². The Morgan fingerprint density at radius 1 is 1.32 bits per heavy atom. The molecule has 0 unspecified atom stereocenters. The van der Waals surface area contributed by atoms with Gasteiger partial charge < -0.3 is 15.0 Å². The summed E-state index contributed by atoms with van der Waals surface area (Å²) in [4.78, 5) is 17.8. The van der Waals surface area contributed by atoms with Crippen LogP contribution in [-0.2, 0) is 0 Å². The van der Waals surface area contributed by atoms with Crippen LogP contribution in [0.3, 0.4) is 0 Å². The molecule has 1 saturated heterocycles. The van der Waals surface area contributed by atoms with Crippen molar-refractivity contribution in [1.82, 2.24) is 9.88 Å². The van der Waals surface area contributed by atoms with E-state index in [-0.39, 0.29) is 13.0 Å². The van der Waals surface area contributed by atoms with E-state index in [4.69, 9.17) is 4.74 Å². The fourth-order valence-corrected chi connectivity index (χ4v) is 3.58. The topological polar surface area (TPSA) is 54.5 Å². The molecule has 5 nitrogen and oxygen atoms in total. The van der Waals surface area contributed by atoms with Crippen LogP contribution in [0.4, 0.5) is 23.7 Å². The maximum atomic E-state index is 13.2. The maximum Gasteiger partial charge on any atom is 0.394 e. The third kappa shape index (κ3) is 4.05. The molecule has 0 spiro atoms. The largest absolute Gasteiger partial charge is 0.455 e. The predicted octanol–water partition coefficient (Wildman–Crippen LogP) is 5.38. The summed E-state index contributed by atoms with van der Waals surface area (Å²) < 4.78 is 45.4. The lowest BCUT2D eigenvalue weighted by Gasteiger charge is -2.36. The molecule has 28 heavy (non-hydrogen) atoms. The molecule has 1 aliphatic rings. The Balaban J connectivity index is 1.70. The molecule has 1 aromatic heterocycles. The van der Waals surface area contributed by atoms with Crippen LogP contribution in [0.25, 0.3) is 0 Å². The normalized spacial score (nSPS) is 18.8. The first kappa shape index (κ1) is 20.0. The SMILES string of the molecule is Cc1cc(NC(=O)N2CC[C@@H](C(F)(F)F)C2(C)C)ccc1Oc1cccnc1. The molecular weight excluding hydrogens is 371 g/mol. The molecule has 0 saturated carbocycles. The van der Waals surface area contributed by atoms with Gasteiger partial charge in [0.2, 0.25) is 0 Å². The number of urea groups is 1. The number of carbonyl (C=O) groups is 1. The number of hydrogen-bond donors (Lipinski definition) is 1. The van der Waals surface area contributed by atoms with Crippen molar-refractivity contribution in [2.45, 2.75) is 38.9 Å². The molecule has 1 fully saturated rings. The number of pyridine rings is 1. The molecule has 2 aromatic rings. The molecule has 1 aliphatic heterocycles. The zero-order valence-corrected chi connectivity index (χ0v) is 15.9. The lowest BCUT2D eigenvalue weighted by atomic mass is 9.88. The molecule has 8 heteroatoms. The smallest absolute Gasteiger partial charge is 0.394 e. The molecule has 0 radical (unpaired) electrons. The van der Waals surface area contributed by atoms with Gasteiger partial charge in [0.05, 0.1) is 17.7 Å². The summed E-state index contributed by atoms with van der Waals surface area (Å²) in [5.74, 6) is -0.355. The van der Waals surface area contributed by atoms with Gasteiger partial charge >= 0.3 is 12.2 Å². The number of nitrogens with zero attached hydrogens (tertiary/aromatic N) is 2. The highest BCUT2D eigenvalue weighted by molar-refractivity contribution is 5.90. The first-order valence-corrected chi connectivity index (χ1v) is 8.93. The van der Waals surface area contributed by atoms with Crippen molar-refractivity contribution < 1.29 is 22.7 Å². The number of benzene rings is 1. The van der Waals surface area contributed by atoms with Crippen molar-refractivity contribution in [2.75, 3.05) is 11.9 Å². The molecule has 0 bridgehead atoms. The third-order valence-corrected chi connectivity index (χ3v) is 5.12. The van der Waals surface area contributed by atoms with Gasteiger partial charge in [-0.25, -0.2) is 4.79 Å². The summed E-state index contributed by atoms with van der Waals surface area (Å²) in [6.07, 6.45) is -1.20. The van der Waals surface area contributed by atoms with Crippen LogP contribution >= 0.6 is 0 Å². The highest BCUT2D eigenvalue weighted by Gasteiger charge is 2.56. The molecule has 1 atom stereocenters. The molecule has 2 heterocycles. The summed E-state index contributed by atoms with van der Waals surface area (Å²) in [5, 5.41) is 2.70. The van der Waals surface area contributed by atoms with E-state index in [1.54, 1.807) is 42.7 Å². The van der Waals surface area contributed by atoms with Crippen molar-refractivity contribution in [1.29, 1.82) is 0 Å². The fraction of sp³-hybridized carbons (Fsp3) is 0.400. The molecular formula is C20H22F3N3O2. The van der Waals surface area contributed by atoms with Gasteiger partial charge in [0.15, 0.2) is 0 Å². The van der Waals surface area contributed by atoms with E-state index < -0.39 is 23.7 Å². The second-order valence-electron chi connectivity index (χ2n) is 7.39. The average molecular weight is 393 g/mol. The van der Waals surface area contributed by atoms with E-state index in [0.717, 1.165) is 5.56 Å². The number of nitrogens with one attached hydrogen (secondary N) is 1. The van der Waals surface area contributed by atoms with Crippen LogP contribution in [0.2, 0.25) is 0 Å². The number of alkyl halides is 3. The number of aryl methyl sites for hydroxylation is 1. The zero-order chi connectivity index (χ0) is 20.5. The Labute approximate surface area is 161 Å². The van der Waals surface area contributed by atoms with Gasteiger partial charge in [0, 0.05) is 18.4 Å². The Morgan fingerprint density at radius 2 is 2.07 bits per heavy atom. The number of hydrogen-bond acceptors (Lipinski definition) is 3. The van der Waals surface area contributed by atoms with E-state index in [1.807, 2.05) is 6.92 Å². The molecule has 0 aliphatic carbocycles. The minimum Gasteiger partial charge on any atom is -0.455 e. The predicted molar refractivity (Wildman–Crippen MR) is 99.5 cm³/mol. The Kier molecular flexibility index (Phi) is 5.23. The van der Waals surface area contributed by atoms with Crippen LogP contribution in [-0.4, -0.2) is 34.2 Å². The summed E-state index contributed by atoms with van der Waals surface area (Å²) >= 11 is 0. The minimum absolute atomic E-state index is 0.0597. The summed E-state index contributed by atoms with van der Waals surface area (Å²) in [6, 6.07) is 8.05. The minimum atomic E-state index is -4.33. The van der Waals surface area contributed by atoms with Crippen LogP contribution in [0.1, 0.15) is 25.8 Å². The standard InChI is InChI=1S/C20H22F3N3O2/c1-13-11-14(6-7-16(13)28-15-5-4-9-24-12-15)25-18(27)26-10-8-17(19(26,2)3)20(21,22)23/h4-7,9,11-12,17H,8,10H2,1-3H3,(H,25,27)/t17-/m1/s1. The quantitative estimate of drug-likeness (QED) is 0.762. The second-order valence-corrected chi connectivity index (χ2v) is 7.39. The number of carbonyl (C=O) groups excluding carboxylic acids is 1. The summed E-state index contributed by atoms with van der Waals surface area (Å²) in [7, 11) is 0. The van der Waals surface area contributed by atoms with Gasteiger partial charge in [0.1, 0.15) is 11.5 Å². The first-order chi connectivity index (χ1) is 13.1. The highest BCUT2D eigenvalue weighted by atomic mass is 19.4. The number of anilines is 1. The molecule has 3 rings (SSSR count). The lowest BCUT2D eigenvalue weighted by molar-refractivity contribution is -0.189. The number of amides is 2. The molecule has 2 amide bonds. The van der Waals surface area contributed by atoms with Gasteiger partial charge in [-0.2, -0.15) is 13.2 Å². The number of aromatic nitrogens is 1. The van der Waals surface area contributed by atoms with Crippen LogP contribution in [0.5, 0.6) is 11.5 Å². The van der Waals surface area contributed by atoms with Crippen molar-refractivity contribution in [3.8, 4) is 11.5 Å². The van der Waals surface area contributed by atoms with E-state index >= 15 is 0 Å². The van der Waals surface area contributed by atoms with Crippen molar-refractivity contribution in [3.63, 3.8) is 0 Å². The van der Waals surface area contributed by atoms with Crippen LogP contribution < -0.4 is 10.1 Å².